The molecule has 4 nitrogen and oxygen atoms in total. The third-order valence-electron chi connectivity index (χ3n) is 4.65. The summed E-state index contributed by atoms with van der Waals surface area (Å²) in [6.07, 6.45) is 0. The molecule has 0 aromatic heterocycles. The van der Waals surface area contributed by atoms with Gasteiger partial charge in [-0.05, 0) is 66.9 Å². The number of fused-ring (bicyclic) bond motifs is 2. The van der Waals surface area contributed by atoms with Crippen LogP contribution in [0.4, 0.5) is 5.69 Å². The third-order valence-corrected chi connectivity index (χ3v) is 6.34. The molecule has 7 heteroatoms. The summed E-state index contributed by atoms with van der Waals surface area (Å²) >= 11 is 7.12. The highest BCUT2D eigenvalue weighted by molar-refractivity contribution is 9.11. The van der Waals surface area contributed by atoms with Gasteiger partial charge in [-0.1, -0.05) is 30.8 Å². The Morgan fingerprint density at radius 2 is 1.72 bits per heavy atom. The van der Waals surface area contributed by atoms with E-state index in [9.17, 15) is 4.79 Å². The summed E-state index contributed by atoms with van der Waals surface area (Å²) < 4.78 is 12.6. The Morgan fingerprint density at radius 1 is 1.00 bits per heavy atom. The molecule has 3 aromatic carbocycles. The monoisotopic (exact) mass is 578 g/mol. The van der Waals surface area contributed by atoms with E-state index in [1.165, 1.54) is 7.11 Å². The van der Waals surface area contributed by atoms with Crippen LogP contribution < -0.4 is 37.9 Å². The van der Waals surface area contributed by atoms with Crippen LogP contribution in [0.2, 0.25) is 0 Å². The van der Waals surface area contributed by atoms with Gasteiger partial charge in [0.25, 0.3) is 0 Å². The molecule has 0 atom stereocenters. The van der Waals surface area contributed by atoms with Gasteiger partial charge in [-0.25, -0.2) is 4.79 Å². The topological polar surface area (TPSA) is 61.5 Å². The van der Waals surface area contributed by atoms with Gasteiger partial charge in [-0.2, -0.15) is 0 Å². The molecule has 1 heterocycles. The molecule has 0 amide bonds. The molecule has 4 rings (SSSR count). The molecule has 1 aliphatic rings. The summed E-state index contributed by atoms with van der Waals surface area (Å²) in [5.74, 6) is 0.814. The van der Waals surface area contributed by atoms with Gasteiger partial charge in [0.2, 0.25) is 0 Å². The fraction of sp³-hybridized carbons (Fsp3) is 0.0455. The van der Waals surface area contributed by atoms with Crippen molar-refractivity contribution in [3.8, 4) is 11.5 Å². The number of nitrogen functional groups attached to an aromatic ring is 1. The molecule has 0 fully saturated rings. The Bertz CT molecular complexity index is 1250. The van der Waals surface area contributed by atoms with Crippen LogP contribution in [0.15, 0.2) is 57.5 Å². The number of anilines is 1. The number of carbonyl (C=O) groups is 1. The number of benzene rings is 3. The van der Waals surface area contributed by atoms with Crippen molar-refractivity contribution >= 4 is 55.7 Å². The summed E-state index contributed by atoms with van der Waals surface area (Å²) in [7, 11) is 1.37. The van der Waals surface area contributed by atoms with Gasteiger partial charge in [0.05, 0.1) is 21.6 Å². The number of rotatable bonds is 2. The maximum absolute atomic E-state index is 12.4. The minimum atomic E-state index is -0.403. The van der Waals surface area contributed by atoms with Crippen molar-refractivity contribution < 1.29 is 31.2 Å². The van der Waals surface area contributed by atoms with Gasteiger partial charge < -0.3 is 32.2 Å². The first-order chi connectivity index (χ1) is 13.4. The predicted molar refractivity (Wildman–Crippen MR) is 117 cm³/mol. The van der Waals surface area contributed by atoms with E-state index in [-0.39, 0.29) is 17.0 Å². The highest BCUT2D eigenvalue weighted by Crippen LogP contribution is 2.44. The van der Waals surface area contributed by atoms with Crippen LogP contribution in [0.3, 0.4) is 0 Å². The van der Waals surface area contributed by atoms with Crippen LogP contribution in [0.1, 0.15) is 21.5 Å². The smallest absolute Gasteiger partial charge is 0.338 e. The molecule has 0 saturated carbocycles. The molecular weight excluding hydrogens is 566 g/mol. The van der Waals surface area contributed by atoms with Crippen molar-refractivity contribution in [3.63, 3.8) is 0 Å². The van der Waals surface area contributed by atoms with Gasteiger partial charge in [0.1, 0.15) is 5.75 Å². The van der Waals surface area contributed by atoms with E-state index in [1.54, 1.807) is 6.07 Å². The lowest BCUT2D eigenvalue weighted by Crippen LogP contribution is -3.00. The maximum Gasteiger partial charge on any atom is 0.338 e. The van der Waals surface area contributed by atoms with Crippen molar-refractivity contribution in [2.45, 2.75) is 0 Å². The molecule has 148 valence electrons. The Morgan fingerprint density at radius 3 is 2.45 bits per heavy atom. The minimum Gasteiger partial charge on any atom is -1.00 e. The number of hydrogen-bond donors (Lipinski definition) is 1. The highest BCUT2D eigenvalue weighted by Gasteiger charge is 2.27. The SMILES string of the molecule is C=c1ccc2c(c1Br)Oc1c(ccc(N)c1Br)C=2c1ccccc1C(=O)OC.[Br-]. The Hall–Kier alpha value is -2.09. The Balaban J connectivity index is 0.00000240. The van der Waals surface area contributed by atoms with Gasteiger partial charge in [0, 0.05) is 22.0 Å². The van der Waals surface area contributed by atoms with E-state index in [4.69, 9.17) is 15.2 Å². The predicted octanol–water partition coefficient (Wildman–Crippen LogP) is 1.35. The summed E-state index contributed by atoms with van der Waals surface area (Å²) in [6.45, 7) is 4.03. The Labute approximate surface area is 195 Å². The molecule has 0 spiro atoms. The van der Waals surface area contributed by atoms with Gasteiger partial charge in [-0.15, -0.1) is 0 Å². The summed E-state index contributed by atoms with van der Waals surface area (Å²) in [5.41, 5.74) is 9.55. The van der Waals surface area contributed by atoms with E-state index in [0.717, 1.165) is 31.6 Å². The molecule has 1 aliphatic heterocycles. The van der Waals surface area contributed by atoms with E-state index in [1.807, 2.05) is 42.5 Å². The second-order valence-electron chi connectivity index (χ2n) is 6.28. The van der Waals surface area contributed by atoms with E-state index in [0.29, 0.717) is 27.2 Å². The maximum atomic E-state index is 12.4. The van der Waals surface area contributed by atoms with Crippen molar-refractivity contribution in [1.29, 1.82) is 0 Å². The number of halogens is 3. The molecule has 0 unspecified atom stereocenters. The van der Waals surface area contributed by atoms with E-state index < -0.39 is 5.97 Å². The van der Waals surface area contributed by atoms with Crippen LogP contribution in [0, 0.1) is 0 Å². The number of carbonyl (C=O) groups excluding carboxylic acids is 1. The average molecular weight is 581 g/mol. The third kappa shape index (κ3) is 3.52. The lowest BCUT2D eigenvalue weighted by molar-refractivity contribution is -0.0000204. The largest absolute Gasteiger partial charge is 1.00 e. The van der Waals surface area contributed by atoms with Crippen LogP contribution >= 0.6 is 31.9 Å². The van der Waals surface area contributed by atoms with Crippen molar-refractivity contribution in [3.05, 3.63) is 84.6 Å². The first-order valence-electron chi connectivity index (χ1n) is 8.39. The van der Waals surface area contributed by atoms with Gasteiger partial charge in [-0.3, -0.25) is 0 Å². The standard InChI is InChI=1S/C22H15Br2NO3.BrH/c1-11-7-8-14-17(12-5-3-4-6-13(12)22(26)27-2)15-9-10-16(25)19(24)21(15)28-20(14)18(11)23;/h3-10H,1,25H2,2H3;1H/p-1. The summed E-state index contributed by atoms with van der Waals surface area (Å²) in [5, 5.41) is 1.64. The van der Waals surface area contributed by atoms with Crippen molar-refractivity contribution in [1.82, 2.24) is 0 Å². The van der Waals surface area contributed by atoms with Crippen LogP contribution in [0.5, 0.6) is 11.5 Å². The summed E-state index contributed by atoms with van der Waals surface area (Å²) in [6, 6.07) is 14.9. The van der Waals surface area contributed by atoms with Crippen LogP contribution in [-0.2, 0) is 4.74 Å². The van der Waals surface area contributed by atoms with Gasteiger partial charge >= 0.3 is 5.97 Å². The molecule has 0 aliphatic carbocycles. The number of hydrogen-bond acceptors (Lipinski definition) is 4. The van der Waals surface area contributed by atoms with Crippen LogP contribution in [0.25, 0.3) is 12.2 Å². The second-order valence-corrected chi connectivity index (χ2v) is 7.86. The molecule has 0 radical (unpaired) electrons. The molecule has 2 N–H and O–H groups in total. The number of nitrogens with two attached hydrogens (primary N) is 1. The van der Waals surface area contributed by atoms with Crippen LogP contribution in [-0.4, -0.2) is 13.1 Å². The minimum absolute atomic E-state index is 0. The first kappa shape index (κ1) is 21.6. The second kappa shape index (κ2) is 8.34. The van der Waals surface area contributed by atoms with E-state index >= 15 is 0 Å². The quantitative estimate of drug-likeness (QED) is 0.287. The number of esters is 1. The zero-order valence-electron chi connectivity index (χ0n) is 15.3. The molecule has 0 bridgehead atoms. The molecular formula is C22H15Br3NO3-. The van der Waals surface area contributed by atoms with Gasteiger partial charge in [0.15, 0.2) is 5.75 Å². The lowest BCUT2D eigenvalue weighted by atomic mass is 9.89. The van der Waals surface area contributed by atoms with Crippen molar-refractivity contribution in [2.75, 3.05) is 12.8 Å². The zero-order valence-corrected chi connectivity index (χ0v) is 20.0. The van der Waals surface area contributed by atoms with Crippen molar-refractivity contribution in [2.24, 2.45) is 0 Å². The lowest BCUT2D eigenvalue weighted by Gasteiger charge is -2.24. The first-order valence-corrected chi connectivity index (χ1v) is 9.98. The fourth-order valence-corrected chi connectivity index (χ4v) is 4.14. The molecule has 29 heavy (non-hydrogen) atoms. The highest BCUT2D eigenvalue weighted by atomic mass is 79.9. The number of ether oxygens (including phenoxy) is 2. The fourth-order valence-electron chi connectivity index (χ4n) is 3.29. The average Bonchev–Trinajstić information content (AvgIpc) is 2.72. The molecule has 3 aromatic rings. The zero-order chi connectivity index (χ0) is 20.0. The Kier molecular flexibility index (Phi) is 6.22. The number of methoxy groups -OCH3 is 1. The normalized spacial score (nSPS) is 11.6. The molecule has 0 saturated heterocycles. The van der Waals surface area contributed by atoms with E-state index in [2.05, 4.69) is 38.4 Å². The summed E-state index contributed by atoms with van der Waals surface area (Å²) in [4.78, 5) is 12.4.